The molecule has 1 aromatic carbocycles. The Bertz CT molecular complexity index is 330. The molecule has 4 nitrogen and oxygen atoms in total. The molecule has 1 rings (SSSR count). The smallest absolute Gasteiger partial charge is 0.488 e. The number of hydrogen-bond donors (Lipinski definition) is 2. The fourth-order valence-corrected chi connectivity index (χ4v) is 1.29. The normalized spacial score (nSPS) is 12.2. The molecule has 0 aromatic heterocycles. The van der Waals surface area contributed by atoms with Crippen molar-refractivity contribution in [2.45, 2.75) is 26.4 Å². The molecule has 94 valence electrons. The van der Waals surface area contributed by atoms with E-state index in [1.54, 1.807) is 24.3 Å². The van der Waals surface area contributed by atoms with Gasteiger partial charge in [0.15, 0.2) is 0 Å². The Kier molecular flexibility index (Phi) is 6.04. The van der Waals surface area contributed by atoms with E-state index in [1.165, 1.54) is 0 Å². The van der Waals surface area contributed by atoms with Gasteiger partial charge in [0.2, 0.25) is 0 Å². The summed E-state index contributed by atoms with van der Waals surface area (Å²) in [5.74, 6) is 0.614. The molecule has 0 saturated carbocycles. The molecule has 17 heavy (non-hydrogen) atoms. The highest BCUT2D eigenvalue weighted by Crippen LogP contribution is 2.07. The van der Waals surface area contributed by atoms with Gasteiger partial charge in [-0.2, -0.15) is 0 Å². The minimum absolute atomic E-state index is 0.240. The highest BCUT2D eigenvalue weighted by molar-refractivity contribution is 6.58. The van der Waals surface area contributed by atoms with Gasteiger partial charge in [0.1, 0.15) is 12.4 Å². The van der Waals surface area contributed by atoms with Crippen LogP contribution in [0, 0.1) is 0 Å². The zero-order valence-electron chi connectivity index (χ0n) is 10.3. The second-order valence-electron chi connectivity index (χ2n) is 3.88. The standard InChI is InChI=1S/C12H19BO4/c1-3-10(2)16-7-8-17-12-6-4-5-11(9-12)13(14)15/h4-6,9-10,14-15H,3,7-8H2,1-2H3. The average molecular weight is 238 g/mol. The van der Waals surface area contributed by atoms with E-state index in [9.17, 15) is 0 Å². The van der Waals surface area contributed by atoms with E-state index in [1.807, 2.05) is 6.92 Å². The maximum atomic E-state index is 9.00. The summed E-state index contributed by atoms with van der Waals surface area (Å²) in [7, 11) is -1.46. The van der Waals surface area contributed by atoms with Crippen LogP contribution in [0.25, 0.3) is 0 Å². The molecule has 1 atom stereocenters. The van der Waals surface area contributed by atoms with E-state index >= 15 is 0 Å². The number of hydrogen-bond acceptors (Lipinski definition) is 4. The number of benzene rings is 1. The van der Waals surface area contributed by atoms with Crippen LogP contribution >= 0.6 is 0 Å². The Balaban J connectivity index is 2.34. The molecule has 1 aromatic rings. The molecular weight excluding hydrogens is 219 g/mol. The molecule has 0 fully saturated rings. The monoisotopic (exact) mass is 238 g/mol. The first-order chi connectivity index (χ1) is 8.13. The second-order valence-corrected chi connectivity index (χ2v) is 3.88. The van der Waals surface area contributed by atoms with E-state index < -0.39 is 7.12 Å². The Morgan fingerprint density at radius 2 is 2.06 bits per heavy atom. The van der Waals surface area contributed by atoms with Crippen LogP contribution in [0.15, 0.2) is 24.3 Å². The van der Waals surface area contributed by atoms with Gasteiger partial charge in [-0.15, -0.1) is 0 Å². The first-order valence-corrected chi connectivity index (χ1v) is 5.84. The lowest BCUT2D eigenvalue weighted by atomic mass is 9.80. The largest absolute Gasteiger partial charge is 0.491 e. The summed E-state index contributed by atoms with van der Waals surface area (Å²) in [5.41, 5.74) is 0.422. The molecule has 0 aliphatic rings. The Labute approximate surface area is 102 Å². The number of ether oxygens (including phenoxy) is 2. The van der Waals surface area contributed by atoms with Crippen LogP contribution in [0.3, 0.4) is 0 Å². The maximum Gasteiger partial charge on any atom is 0.488 e. The predicted octanol–water partition coefficient (Wildman–Crippen LogP) is 0.560. The first kappa shape index (κ1) is 14.0. The van der Waals surface area contributed by atoms with Gasteiger partial charge >= 0.3 is 7.12 Å². The van der Waals surface area contributed by atoms with Crippen molar-refractivity contribution in [3.8, 4) is 5.75 Å². The van der Waals surface area contributed by atoms with Gasteiger partial charge in [-0.05, 0) is 30.9 Å². The fraction of sp³-hybridized carbons (Fsp3) is 0.500. The van der Waals surface area contributed by atoms with E-state index in [2.05, 4.69) is 6.92 Å². The zero-order chi connectivity index (χ0) is 12.7. The summed E-state index contributed by atoms with van der Waals surface area (Å²) >= 11 is 0. The van der Waals surface area contributed by atoms with Crippen LogP contribution in [0.2, 0.25) is 0 Å². The topological polar surface area (TPSA) is 58.9 Å². The molecule has 0 saturated heterocycles. The molecule has 0 aliphatic heterocycles. The SMILES string of the molecule is CCC(C)OCCOc1cccc(B(O)O)c1. The summed E-state index contributed by atoms with van der Waals surface area (Å²) in [6.45, 7) is 5.07. The van der Waals surface area contributed by atoms with Crippen molar-refractivity contribution >= 4 is 12.6 Å². The van der Waals surface area contributed by atoms with Gasteiger partial charge < -0.3 is 19.5 Å². The van der Waals surface area contributed by atoms with E-state index in [-0.39, 0.29) is 6.10 Å². The maximum absolute atomic E-state index is 9.00. The Hall–Kier alpha value is -1.04. The van der Waals surface area contributed by atoms with Crippen LogP contribution in [-0.4, -0.2) is 36.5 Å². The highest BCUT2D eigenvalue weighted by atomic mass is 16.5. The van der Waals surface area contributed by atoms with Gasteiger partial charge in [0.25, 0.3) is 0 Å². The van der Waals surface area contributed by atoms with Gasteiger partial charge in [-0.1, -0.05) is 19.1 Å². The van der Waals surface area contributed by atoms with Crippen molar-refractivity contribution in [1.82, 2.24) is 0 Å². The summed E-state index contributed by atoms with van der Waals surface area (Å²) in [6, 6.07) is 6.73. The Morgan fingerprint density at radius 3 is 2.71 bits per heavy atom. The van der Waals surface area contributed by atoms with Crippen LogP contribution < -0.4 is 10.2 Å². The average Bonchev–Trinajstić information content (AvgIpc) is 2.34. The summed E-state index contributed by atoms with van der Waals surface area (Å²) < 4.78 is 10.9. The van der Waals surface area contributed by atoms with Crippen molar-refractivity contribution in [2.75, 3.05) is 13.2 Å². The minimum atomic E-state index is -1.46. The first-order valence-electron chi connectivity index (χ1n) is 5.84. The third kappa shape index (κ3) is 5.21. The minimum Gasteiger partial charge on any atom is -0.491 e. The fourth-order valence-electron chi connectivity index (χ4n) is 1.29. The van der Waals surface area contributed by atoms with E-state index in [0.717, 1.165) is 6.42 Å². The molecule has 0 heterocycles. The quantitative estimate of drug-likeness (QED) is 0.538. The van der Waals surface area contributed by atoms with E-state index in [0.29, 0.717) is 24.4 Å². The zero-order valence-corrected chi connectivity index (χ0v) is 10.3. The lowest BCUT2D eigenvalue weighted by Crippen LogP contribution is -2.29. The molecule has 0 spiro atoms. The molecule has 0 amide bonds. The van der Waals surface area contributed by atoms with Crippen molar-refractivity contribution < 1.29 is 19.5 Å². The molecule has 2 N–H and O–H groups in total. The van der Waals surface area contributed by atoms with Crippen molar-refractivity contribution in [3.63, 3.8) is 0 Å². The molecule has 1 unspecified atom stereocenters. The second kappa shape index (κ2) is 7.32. The molecular formula is C12H19BO4. The van der Waals surface area contributed by atoms with Gasteiger partial charge in [0.05, 0.1) is 12.7 Å². The summed E-state index contributed by atoms with van der Waals surface area (Å²) in [4.78, 5) is 0. The number of rotatable bonds is 7. The third-order valence-corrected chi connectivity index (χ3v) is 2.49. The summed E-state index contributed by atoms with van der Waals surface area (Å²) in [5, 5.41) is 18.0. The van der Waals surface area contributed by atoms with Crippen molar-refractivity contribution in [1.29, 1.82) is 0 Å². The Morgan fingerprint density at radius 1 is 1.29 bits per heavy atom. The van der Waals surface area contributed by atoms with Crippen molar-refractivity contribution in [3.05, 3.63) is 24.3 Å². The molecule has 0 aliphatic carbocycles. The molecule has 0 bridgehead atoms. The predicted molar refractivity (Wildman–Crippen MR) is 67.5 cm³/mol. The highest BCUT2D eigenvalue weighted by Gasteiger charge is 2.10. The van der Waals surface area contributed by atoms with Crippen LogP contribution in [0.4, 0.5) is 0 Å². The van der Waals surface area contributed by atoms with Gasteiger partial charge in [-0.25, -0.2) is 0 Å². The molecule has 0 radical (unpaired) electrons. The lowest BCUT2D eigenvalue weighted by Gasteiger charge is -2.11. The molecule has 5 heteroatoms. The van der Waals surface area contributed by atoms with Crippen LogP contribution in [0.5, 0.6) is 5.75 Å². The van der Waals surface area contributed by atoms with Gasteiger partial charge in [-0.3, -0.25) is 0 Å². The van der Waals surface area contributed by atoms with Crippen molar-refractivity contribution in [2.24, 2.45) is 0 Å². The van der Waals surface area contributed by atoms with Crippen LogP contribution in [0.1, 0.15) is 20.3 Å². The van der Waals surface area contributed by atoms with Gasteiger partial charge in [0, 0.05) is 0 Å². The lowest BCUT2D eigenvalue weighted by molar-refractivity contribution is 0.0427. The van der Waals surface area contributed by atoms with E-state index in [4.69, 9.17) is 19.5 Å². The third-order valence-electron chi connectivity index (χ3n) is 2.49. The summed E-state index contributed by atoms with van der Waals surface area (Å²) in [6.07, 6.45) is 1.22. The van der Waals surface area contributed by atoms with Crippen LogP contribution in [-0.2, 0) is 4.74 Å².